The summed E-state index contributed by atoms with van der Waals surface area (Å²) in [5, 5.41) is 10.9. The van der Waals surface area contributed by atoms with Crippen LogP contribution in [0.25, 0.3) is 11.3 Å². The van der Waals surface area contributed by atoms with Gasteiger partial charge < -0.3 is 9.47 Å². The molecule has 3 aromatic rings. The number of hydrazone groups is 1. The van der Waals surface area contributed by atoms with Crippen LogP contribution in [0.2, 0.25) is 0 Å². The second-order valence-electron chi connectivity index (χ2n) is 5.85. The fourth-order valence-corrected chi connectivity index (χ4v) is 2.47. The number of carbonyl (C=O) groups is 1. The average molecular weight is 364 g/mol. The lowest BCUT2D eigenvalue weighted by Gasteiger charge is -2.07. The normalized spacial score (nSPS) is 10.8. The number of nitrogens with one attached hydrogen (secondary N) is 2. The zero-order chi connectivity index (χ0) is 19.2. The van der Waals surface area contributed by atoms with Crippen LogP contribution >= 0.6 is 0 Å². The van der Waals surface area contributed by atoms with Crippen molar-refractivity contribution in [2.45, 2.75) is 6.92 Å². The summed E-state index contributed by atoms with van der Waals surface area (Å²) >= 11 is 0. The predicted molar refractivity (Wildman–Crippen MR) is 103 cm³/mol. The van der Waals surface area contributed by atoms with Crippen LogP contribution in [0, 0.1) is 6.92 Å². The van der Waals surface area contributed by atoms with E-state index in [-0.39, 0.29) is 5.91 Å². The summed E-state index contributed by atoms with van der Waals surface area (Å²) in [6.07, 6.45) is 1.52. The van der Waals surface area contributed by atoms with E-state index in [1.54, 1.807) is 32.4 Å². The van der Waals surface area contributed by atoms with Gasteiger partial charge in [-0.05, 0) is 36.8 Å². The number of carbonyl (C=O) groups excluding carboxylic acids is 1. The zero-order valence-corrected chi connectivity index (χ0v) is 15.3. The van der Waals surface area contributed by atoms with Crippen molar-refractivity contribution in [3.63, 3.8) is 0 Å². The molecule has 2 aromatic carbocycles. The number of aryl methyl sites for hydroxylation is 1. The van der Waals surface area contributed by atoms with Crippen molar-refractivity contribution in [1.29, 1.82) is 0 Å². The van der Waals surface area contributed by atoms with Crippen LogP contribution in [0.5, 0.6) is 11.5 Å². The van der Waals surface area contributed by atoms with E-state index >= 15 is 0 Å². The van der Waals surface area contributed by atoms with Gasteiger partial charge >= 0.3 is 0 Å². The van der Waals surface area contributed by atoms with Crippen LogP contribution in [0.4, 0.5) is 0 Å². The molecule has 7 nitrogen and oxygen atoms in total. The second kappa shape index (κ2) is 8.18. The fourth-order valence-electron chi connectivity index (χ4n) is 2.47. The van der Waals surface area contributed by atoms with Crippen molar-refractivity contribution in [2.24, 2.45) is 5.10 Å². The summed E-state index contributed by atoms with van der Waals surface area (Å²) < 4.78 is 10.4. The van der Waals surface area contributed by atoms with E-state index in [1.807, 2.05) is 37.3 Å². The van der Waals surface area contributed by atoms with Gasteiger partial charge in [0.05, 0.1) is 26.1 Å². The lowest BCUT2D eigenvalue weighted by Crippen LogP contribution is -2.18. The largest absolute Gasteiger partial charge is 0.493 e. The molecule has 0 atom stereocenters. The number of ether oxygens (including phenoxy) is 2. The molecule has 0 radical (unpaired) electrons. The molecule has 0 aliphatic rings. The highest BCUT2D eigenvalue weighted by Gasteiger charge is 2.10. The van der Waals surface area contributed by atoms with Crippen LogP contribution in [0.1, 0.15) is 21.6 Å². The number of nitrogens with zero attached hydrogens (tertiary/aromatic N) is 2. The molecule has 138 valence electrons. The van der Waals surface area contributed by atoms with Gasteiger partial charge in [0.25, 0.3) is 5.91 Å². The molecular formula is C20H20N4O3. The molecule has 0 saturated heterocycles. The highest BCUT2D eigenvalue weighted by Crippen LogP contribution is 2.26. The first kappa shape index (κ1) is 18.2. The Bertz CT molecular complexity index is 962. The molecule has 1 amide bonds. The van der Waals surface area contributed by atoms with Gasteiger partial charge in [-0.25, -0.2) is 5.43 Å². The Kier molecular flexibility index (Phi) is 5.51. The molecule has 0 aliphatic carbocycles. The second-order valence-corrected chi connectivity index (χ2v) is 5.85. The summed E-state index contributed by atoms with van der Waals surface area (Å²) in [6.45, 7) is 2.02. The van der Waals surface area contributed by atoms with Crippen LogP contribution < -0.4 is 14.9 Å². The molecule has 3 rings (SSSR count). The molecule has 0 unspecified atom stereocenters. The van der Waals surface area contributed by atoms with E-state index in [0.717, 1.165) is 16.7 Å². The zero-order valence-electron chi connectivity index (χ0n) is 15.3. The first-order valence-electron chi connectivity index (χ1n) is 8.28. The van der Waals surface area contributed by atoms with Crippen molar-refractivity contribution in [3.8, 4) is 22.8 Å². The van der Waals surface area contributed by atoms with Gasteiger partial charge in [0.15, 0.2) is 11.5 Å². The van der Waals surface area contributed by atoms with Crippen LogP contribution in [-0.2, 0) is 0 Å². The van der Waals surface area contributed by atoms with Crippen molar-refractivity contribution >= 4 is 12.1 Å². The van der Waals surface area contributed by atoms with Gasteiger partial charge in [-0.1, -0.05) is 29.8 Å². The minimum Gasteiger partial charge on any atom is -0.493 e. The number of aromatic nitrogens is 2. The number of benzene rings is 2. The van der Waals surface area contributed by atoms with Gasteiger partial charge in [-0.15, -0.1) is 0 Å². The number of hydrogen-bond donors (Lipinski definition) is 2. The minimum absolute atomic E-state index is 0.329. The number of methoxy groups -OCH3 is 2. The first-order valence-corrected chi connectivity index (χ1v) is 8.28. The number of hydrogen-bond acceptors (Lipinski definition) is 5. The smallest absolute Gasteiger partial charge is 0.289 e. The molecule has 1 heterocycles. The summed E-state index contributed by atoms with van der Waals surface area (Å²) in [4.78, 5) is 12.2. The molecule has 27 heavy (non-hydrogen) atoms. The van der Waals surface area contributed by atoms with E-state index in [0.29, 0.717) is 22.9 Å². The highest BCUT2D eigenvalue weighted by molar-refractivity contribution is 5.94. The summed E-state index contributed by atoms with van der Waals surface area (Å²) in [5.41, 5.74) is 6.36. The van der Waals surface area contributed by atoms with Gasteiger partial charge in [0.1, 0.15) is 5.69 Å². The maximum atomic E-state index is 12.2. The third-order valence-electron chi connectivity index (χ3n) is 3.96. The summed E-state index contributed by atoms with van der Waals surface area (Å²) in [5.74, 6) is 0.835. The summed E-state index contributed by atoms with van der Waals surface area (Å²) in [6, 6.07) is 14.9. The minimum atomic E-state index is -0.377. The first-order chi connectivity index (χ1) is 13.1. The molecule has 7 heteroatoms. The van der Waals surface area contributed by atoms with Crippen LogP contribution in [-0.4, -0.2) is 36.5 Å². The van der Waals surface area contributed by atoms with Crippen molar-refractivity contribution in [3.05, 3.63) is 65.4 Å². The Morgan fingerprint density at radius 1 is 1.07 bits per heavy atom. The van der Waals surface area contributed by atoms with Gasteiger partial charge in [0, 0.05) is 5.56 Å². The van der Waals surface area contributed by atoms with Crippen molar-refractivity contribution in [1.82, 2.24) is 15.6 Å². The Hall–Kier alpha value is -3.61. The molecule has 0 spiro atoms. The lowest BCUT2D eigenvalue weighted by atomic mass is 10.1. The lowest BCUT2D eigenvalue weighted by molar-refractivity contribution is 0.0950. The monoisotopic (exact) mass is 364 g/mol. The maximum absolute atomic E-state index is 12.2. The van der Waals surface area contributed by atoms with E-state index < -0.39 is 0 Å². The van der Waals surface area contributed by atoms with E-state index in [4.69, 9.17) is 9.47 Å². The van der Waals surface area contributed by atoms with E-state index in [9.17, 15) is 4.79 Å². The van der Waals surface area contributed by atoms with Crippen LogP contribution in [0.3, 0.4) is 0 Å². The van der Waals surface area contributed by atoms with E-state index in [1.165, 1.54) is 6.21 Å². The topological polar surface area (TPSA) is 88.6 Å². The molecule has 0 aliphatic heterocycles. The Labute approximate surface area is 157 Å². The number of aromatic amines is 1. The standard InChI is InChI=1S/C20H20N4O3/c1-13-4-7-15(8-5-13)16-11-17(23-22-16)20(25)24-21-12-14-6-9-18(26-2)19(10-14)27-3/h4-12H,1-3H3,(H,22,23)(H,24,25)/b21-12-. The molecule has 2 N–H and O–H groups in total. The van der Waals surface area contributed by atoms with Gasteiger partial charge in [-0.3, -0.25) is 9.89 Å². The Morgan fingerprint density at radius 2 is 1.81 bits per heavy atom. The van der Waals surface area contributed by atoms with E-state index in [2.05, 4.69) is 20.7 Å². The average Bonchev–Trinajstić information content (AvgIpc) is 3.18. The Balaban J connectivity index is 1.66. The highest BCUT2D eigenvalue weighted by atomic mass is 16.5. The number of rotatable bonds is 6. The maximum Gasteiger partial charge on any atom is 0.289 e. The Morgan fingerprint density at radius 3 is 2.52 bits per heavy atom. The molecule has 0 fully saturated rings. The third-order valence-corrected chi connectivity index (χ3v) is 3.96. The number of amides is 1. The quantitative estimate of drug-likeness (QED) is 0.519. The van der Waals surface area contributed by atoms with Gasteiger partial charge in [0.2, 0.25) is 0 Å². The van der Waals surface area contributed by atoms with Crippen molar-refractivity contribution < 1.29 is 14.3 Å². The van der Waals surface area contributed by atoms with Crippen molar-refractivity contribution in [2.75, 3.05) is 14.2 Å². The fraction of sp³-hybridized carbons (Fsp3) is 0.150. The molecular weight excluding hydrogens is 344 g/mol. The third kappa shape index (κ3) is 4.33. The molecule has 0 bridgehead atoms. The SMILES string of the molecule is COc1ccc(/C=N\NC(=O)c2cc(-c3ccc(C)cc3)n[nH]2)cc1OC. The predicted octanol–water partition coefficient (Wildman–Crippen LogP) is 3.17. The van der Waals surface area contributed by atoms with Gasteiger partial charge in [-0.2, -0.15) is 10.2 Å². The summed E-state index contributed by atoms with van der Waals surface area (Å²) in [7, 11) is 3.13. The molecule has 1 aromatic heterocycles. The molecule has 0 saturated carbocycles. The van der Waals surface area contributed by atoms with Crippen LogP contribution in [0.15, 0.2) is 53.6 Å². The number of H-pyrrole nitrogens is 1.